The van der Waals surface area contributed by atoms with Gasteiger partial charge in [0.2, 0.25) is 0 Å². The Labute approximate surface area is 103 Å². The summed E-state index contributed by atoms with van der Waals surface area (Å²) >= 11 is 0. The second-order valence-electron chi connectivity index (χ2n) is 4.14. The van der Waals surface area contributed by atoms with Crippen LogP contribution in [-0.4, -0.2) is 6.54 Å². The van der Waals surface area contributed by atoms with E-state index in [-0.39, 0.29) is 0 Å². The van der Waals surface area contributed by atoms with Crippen LogP contribution in [0.5, 0.6) is 0 Å². The predicted molar refractivity (Wildman–Crippen MR) is 74.7 cm³/mol. The predicted octanol–water partition coefficient (Wildman–Crippen LogP) is 3.74. The van der Waals surface area contributed by atoms with Crippen molar-refractivity contribution in [3.63, 3.8) is 0 Å². The molecule has 2 aromatic rings. The second-order valence-corrected chi connectivity index (χ2v) is 4.14. The molecule has 0 aliphatic carbocycles. The van der Waals surface area contributed by atoms with E-state index in [0.717, 1.165) is 17.9 Å². The third-order valence-electron chi connectivity index (χ3n) is 2.86. The Bertz CT molecular complexity index is 506. The molecule has 0 atom stereocenters. The number of para-hydroxylation sites is 2. The first-order chi connectivity index (χ1) is 8.22. The number of nitrogens with zero attached hydrogens (tertiary/aromatic N) is 1. The third kappa shape index (κ3) is 2.41. The molecule has 0 aliphatic rings. The molecule has 0 bridgehead atoms. The van der Waals surface area contributed by atoms with Gasteiger partial charge in [-0.05, 0) is 43.7 Å². The lowest BCUT2D eigenvalue weighted by molar-refractivity contribution is 1.02. The highest BCUT2D eigenvalue weighted by Gasteiger charge is 2.09. The molecule has 17 heavy (non-hydrogen) atoms. The minimum absolute atomic E-state index is 0.816. The van der Waals surface area contributed by atoms with E-state index in [9.17, 15) is 0 Å². The number of anilines is 3. The minimum Gasteiger partial charge on any atom is -0.397 e. The molecule has 2 rings (SSSR count). The van der Waals surface area contributed by atoms with Gasteiger partial charge in [-0.2, -0.15) is 0 Å². The molecule has 2 aromatic carbocycles. The normalized spacial score (nSPS) is 10.2. The molecule has 88 valence electrons. The van der Waals surface area contributed by atoms with Crippen LogP contribution in [0.3, 0.4) is 0 Å². The molecule has 2 N–H and O–H groups in total. The number of rotatable bonds is 3. The van der Waals surface area contributed by atoms with Gasteiger partial charge in [-0.3, -0.25) is 0 Å². The summed E-state index contributed by atoms with van der Waals surface area (Å²) in [6.07, 6.45) is 0. The maximum absolute atomic E-state index is 6.03. The van der Waals surface area contributed by atoms with Crippen molar-refractivity contribution in [1.29, 1.82) is 0 Å². The van der Waals surface area contributed by atoms with Crippen LogP contribution < -0.4 is 10.6 Å². The molecule has 0 heterocycles. The first-order valence-electron chi connectivity index (χ1n) is 5.91. The van der Waals surface area contributed by atoms with Crippen LogP contribution >= 0.6 is 0 Å². The van der Waals surface area contributed by atoms with Crippen LogP contribution in [0.1, 0.15) is 12.5 Å². The maximum Gasteiger partial charge on any atom is 0.0644 e. The van der Waals surface area contributed by atoms with E-state index in [2.05, 4.69) is 49.1 Å². The summed E-state index contributed by atoms with van der Waals surface area (Å²) in [5.41, 5.74) is 10.4. The highest BCUT2D eigenvalue weighted by atomic mass is 15.1. The number of nitrogens with two attached hydrogens (primary N) is 1. The summed E-state index contributed by atoms with van der Waals surface area (Å²) in [5, 5.41) is 0. The van der Waals surface area contributed by atoms with Crippen LogP contribution in [0.4, 0.5) is 17.1 Å². The molecular weight excluding hydrogens is 208 g/mol. The van der Waals surface area contributed by atoms with E-state index in [4.69, 9.17) is 5.73 Å². The topological polar surface area (TPSA) is 29.3 Å². The minimum atomic E-state index is 0.816. The number of aryl methyl sites for hydroxylation is 1. The van der Waals surface area contributed by atoms with Crippen molar-refractivity contribution in [3.8, 4) is 0 Å². The van der Waals surface area contributed by atoms with Crippen molar-refractivity contribution in [2.24, 2.45) is 0 Å². The summed E-state index contributed by atoms with van der Waals surface area (Å²) in [6, 6.07) is 16.4. The smallest absolute Gasteiger partial charge is 0.0644 e. The van der Waals surface area contributed by atoms with Crippen LogP contribution in [-0.2, 0) is 0 Å². The SMILES string of the molecule is CCN(c1cccc(C)c1)c1ccccc1N. The van der Waals surface area contributed by atoms with Gasteiger partial charge < -0.3 is 10.6 Å². The lowest BCUT2D eigenvalue weighted by Gasteiger charge is -2.25. The molecule has 2 nitrogen and oxygen atoms in total. The van der Waals surface area contributed by atoms with Gasteiger partial charge in [0.15, 0.2) is 0 Å². The van der Waals surface area contributed by atoms with Gasteiger partial charge in [0, 0.05) is 12.2 Å². The molecule has 0 spiro atoms. The van der Waals surface area contributed by atoms with E-state index in [0.29, 0.717) is 0 Å². The Morgan fingerprint density at radius 3 is 2.47 bits per heavy atom. The highest BCUT2D eigenvalue weighted by molar-refractivity contribution is 5.74. The fourth-order valence-corrected chi connectivity index (χ4v) is 2.02. The highest BCUT2D eigenvalue weighted by Crippen LogP contribution is 2.30. The van der Waals surface area contributed by atoms with Gasteiger partial charge >= 0.3 is 0 Å². The molecule has 0 saturated carbocycles. The van der Waals surface area contributed by atoms with Crippen LogP contribution in [0.25, 0.3) is 0 Å². The summed E-state index contributed by atoms with van der Waals surface area (Å²) < 4.78 is 0. The van der Waals surface area contributed by atoms with Gasteiger partial charge in [0.25, 0.3) is 0 Å². The molecule has 2 heteroatoms. The maximum atomic E-state index is 6.03. The van der Waals surface area contributed by atoms with Crippen molar-refractivity contribution in [3.05, 3.63) is 54.1 Å². The first kappa shape index (κ1) is 11.5. The molecule has 0 saturated heterocycles. The van der Waals surface area contributed by atoms with E-state index in [1.54, 1.807) is 0 Å². The molecule has 0 aromatic heterocycles. The number of nitrogen functional groups attached to an aromatic ring is 1. The fraction of sp³-hybridized carbons (Fsp3) is 0.200. The Hall–Kier alpha value is -1.96. The van der Waals surface area contributed by atoms with Crippen molar-refractivity contribution in [2.45, 2.75) is 13.8 Å². The number of benzene rings is 2. The molecule has 0 aliphatic heterocycles. The Morgan fingerprint density at radius 1 is 1.06 bits per heavy atom. The Kier molecular flexibility index (Phi) is 3.33. The molecule has 0 amide bonds. The molecular formula is C15H18N2. The molecule has 0 unspecified atom stereocenters. The van der Waals surface area contributed by atoms with Gasteiger partial charge in [-0.15, -0.1) is 0 Å². The largest absolute Gasteiger partial charge is 0.397 e. The summed E-state index contributed by atoms with van der Waals surface area (Å²) in [6.45, 7) is 5.14. The van der Waals surface area contributed by atoms with E-state index < -0.39 is 0 Å². The lowest BCUT2D eigenvalue weighted by Crippen LogP contribution is -2.17. The van der Waals surface area contributed by atoms with E-state index in [1.807, 2.05) is 18.2 Å². The van der Waals surface area contributed by atoms with Crippen LogP contribution in [0.2, 0.25) is 0 Å². The number of hydrogen-bond donors (Lipinski definition) is 1. The molecule has 0 fully saturated rings. The van der Waals surface area contributed by atoms with Crippen LogP contribution in [0.15, 0.2) is 48.5 Å². The average Bonchev–Trinajstić information content (AvgIpc) is 2.33. The quantitative estimate of drug-likeness (QED) is 0.808. The van der Waals surface area contributed by atoms with Gasteiger partial charge in [0.05, 0.1) is 11.4 Å². The van der Waals surface area contributed by atoms with Crippen molar-refractivity contribution in [2.75, 3.05) is 17.2 Å². The fourth-order valence-electron chi connectivity index (χ4n) is 2.02. The number of hydrogen-bond acceptors (Lipinski definition) is 2. The van der Waals surface area contributed by atoms with Gasteiger partial charge in [-0.1, -0.05) is 24.3 Å². The van der Waals surface area contributed by atoms with E-state index in [1.165, 1.54) is 11.3 Å². The summed E-state index contributed by atoms with van der Waals surface area (Å²) in [5.74, 6) is 0. The standard InChI is InChI=1S/C15H18N2/c1-3-17(13-8-6-7-12(2)11-13)15-10-5-4-9-14(15)16/h4-11H,3,16H2,1-2H3. The third-order valence-corrected chi connectivity index (χ3v) is 2.86. The summed E-state index contributed by atoms with van der Waals surface area (Å²) in [4.78, 5) is 2.22. The Balaban J connectivity index is 2.44. The average molecular weight is 226 g/mol. The lowest BCUT2D eigenvalue weighted by atomic mass is 10.1. The monoisotopic (exact) mass is 226 g/mol. The molecule has 0 radical (unpaired) electrons. The zero-order valence-corrected chi connectivity index (χ0v) is 10.4. The second kappa shape index (κ2) is 4.91. The van der Waals surface area contributed by atoms with Gasteiger partial charge in [-0.25, -0.2) is 0 Å². The zero-order chi connectivity index (χ0) is 12.3. The zero-order valence-electron chi connectivity index (χ0n) is 10.4. The van der Waals surface area contributed by atoms with Crippen molar-refractivity contribution in [1.82, 2.24) is 0 Å². The van der Waals surface area contributed by atoms with Crippen molar-refractivity contribution >= 4 is 17.1 Å². The van der Waals surface area contributed by atoms with Gasteiger partial charge in [0.1, 0.15) is 0 Å². The van der Waals surface area contributed by atoms with Crippen molar-refractivity contribution < 1.29 is 0 Å². The Morgan fingerprint density at radius 2 is 1.82 bits per heavy atom. The first-order valence-corrected chi connectivity index (χ1v) is 5.91. The van der Waals surface area contributed by atoms with E-state index >= 15 is 0 Å². The summed E-state index contributed by atoms with van der Waals surface area (Å²) in [7, 11) is 0. The van der Waals surface area contributed by atoms with Crippen LogP contribution in [0, 0.1) is 6.92 Å².